The highest BCUT2D eigenvalue weighted by Gasteiger charge is 2.36. The van der Waals surface area contributed by atoms with Gasteiger partial charge in [-0.15, -0.1) is 15.3 Å². The van der Waals surface area contributed by atoms with Gasteiger partial charge in [-0.05, 0) is 42.7 Å². The minimum atomic E-state index is -0.523. The molecule has 0 spiro atoms. The molecule has 4 aromatic heterocycles. The van der Waals surface area contributed by atoms with Crippen molar-refractivity contribution in [2.24, 2.45) is 0 Å². The van der Waals surface area contributed by atoms with Crippen molar-refractivity contribution in [2.45, 2.75) is 38.8 Å². The minimum absolute atomic E-state index is 0.0719. The fourth-order valence-corrected chi connectivity index (χ4v) is 6.09. The first-order valence-electron chi connectivity index (χ1n) is 14.3. The predicted octanol–water partition coefficient (Wildman–Crippen LogP) is 3.30. The van der Waals surface area contributed by atoms with E-state index in [4.69, 9.17) is 4.74 Å². The van der Waals surface area contributed by atoms with Crippen LogP contribution < -0.4 is 4.90 Å². The molecule has 12 heteroatoms. The fraction of sp³-hybridized carbons (Fsp3) is 0.323. The smallest absolute Gasteiger partial charge is 0.356 e. The van der Waals surface area contributed by atoms with Gasteiger partial charge in [0.15, 0.2) is 17.3 Å². The van der Waals surface area contributed by atoms with Crippen LogP contribution >= 0.6 is 0 Å². The molecule has 0 radical (unpaired) electrons. The molecule has 1 fully saturated rings. The van der Waals surface area contributed by atoms with Crippen LogP contribution in [0.2, 0.25) is 0 Å². The number of hydrogen-bond donors (Lipinski definition) is 0. The maximum Gasteiger partial charge on any atom is 0.356 e. The van der Waals surface area contributed by atoms with Crippen molar-refractivity contribution >= 4 is 23.2 Å². The third kappa shape index (κ3) is 4.68. The molecular formula is C31H31N9O3. The van der Waals surface area contributed by atoms with Gasteiger partial charge in [0.2, 0.25) is 5.82 Å². The number of benzene rings is 1. The summed E-state index contributed by atoms with van der Waals surface area (Å²) in [5.41, 5.74) is 4.81. The number of esters is 1. The number of rotatable bonds is 5. The van der Waals surface area contributed by atoms with Gasteiger partial charge in [-0.1, -0.05) is 43.3 Å². The lowest BCUT2D eigenvalue weighted by atomic mass is 9.82. The van der Waals surface area contributed by atoms with Crippen LogP contribution in [0, 0.1) is 6.92 Å². The SMILES string of the molecule is COC(=O)c1cccc(-c2nnc3n2CCN(C(=O)c2nc4c(C)cc(N5CC[C@](C)(c6ccccc6)C5)cn4n2)C3)n1. The van der Waals surface area contributed by atoms with Gasteiger partial charge in [-0.2, -0.15) is 0 Å². The summed E-state index contributed by atoms with van der Waals surface area (Å²) in [5, 5.41) is 13.2. The molecule has 0 saturated carbocycles. The van der Waals surface area contributed by atoms with E-state index < -0.39 is 5.97 Å². The van der Waals surface area contributed by atoms with Crippen LogP contribution in [0.5, 0.6) is 0 Å². The van der Waals surface area contributed by atoms with E-state index in [1.807, 2.05) is 17.7 Å². The summed E-state index contributed by atoms with van der Waals surface area (Å²) in [7, 11) is 1.31. The Hall–Kier alpha value is -5.13. The molecule has 1 saturated heterocycles. The molecule has 1 aromatic carbocycles. The van der Waals surface area contributed by atoms with E-state index in [2.05, 4.69) is 73.5 Å². The van der Waals surface area contributed by atoms with Gasteiger partial charge in [-0.3, -0.25) is 4.79 Å². The van der Waals surface area contributed by atoms with E-state index in [9.17, 15) is 9.59 Å². The second kappa shape index (κ2) is 10.3. The Balaban J connectivity index is 1.10. The Morgan fingerprint density at radius 1 is 0.977 bits per heavy atom. The third-order valence-corrected chi connectivity index (χ3v) is 8.52. The standard InChI is InChI=1S/C31H31N9O3/c1-20-16-22(38-13-12-31(2,19-38)21-8-5-4-6-9-21)17-40-27(20)33-26(36-40)29(41)37-14-15-39-25(18-37)34-35-28(39)23-10-7-11-24(32-23)30(42)43-3/h4-11,16-17H,12-15,18-19H2,1-3H3/t31-/m0/s1. The van der Waals surface area contributed by atoms with E-state index in [1.54, 1.807) is 27.6 Å². The zero-order valence-electron chi connectivity index (χ0n) is 24.3. The molecule has 2 aliphatic heterocycles. The van der Waals surface area contributed by atoms with Crippen molar-refractivity contribution in [3.8, 4) is 11.5 Å². The van der Waals surface area contributed by atoms with E-state index in [-0.39, 0.29) is 29.4 Å². The molecule has 5 aromatic rings. The number of carbonyl (C=O) groups is 2. The number of aryl methyl sites for hydroxylation is 1. The van der Waals surface area contributed by atoms with E-state index in [0.29, 0.717) is 36.1 Å². The van der Waals surface area contributed by atoms with Gasteiger partial charge in [-0.25, -0.2) is 19.3 Å². The van der Waals surface area contributed by atoms with Gasteiger partial charge >= 0.3 is 5.97 Å². The van der Waals surface area contributed by atoms with Crippen molar-refractivity contribution in [1.29, 1.82) is 0 Å². The number of carbonyl (C=O) groups excluding carboxylic acids is 2. The van der Waals surface area contributed by atoms with Crippen molar-refractivity contribution in [3.63, 3.8) is 0 Å². The molecule has 6 heterocycles. The summed E-state index contributed by atoms with van der Waals surface area (Å²) in [4.78, 5) is 38.6. The van der Waals surface area contributed by atoms with Crippen LogP contribution in [-0.4, -0.2) is 77.9 Å². The van der Waals surface area contributed by atoms with Crippen molar-refractivity contribution in [3.05, 3.63) is 89.3 Å². The Kier molecular flexibility index (Phi) is 6.41. The lowest BCUT2D eigenvalue weighted by Crippen LogP contribution is -2.39. The maximum absolute atomic E-state index is 13.6. The van der Waals surface area contributed by atoms with Gasteiger partial charge in [0.1, 0.15) is 11.4 Å². The van der Waals surface area contributed by atoms with Gasteiger partial charge in [0.05, 0.1) is 25.5 Å². The Labute approximate surface area is 247 Å². The van der Waals surface area contributed by atoms with Crippen LogP contribution in [0.4, 0.5) is 5.69 Å². The number of hydrogen-bond acceptors (Lipinski definition) is 9. The lowest BCUT2D eigenvalue weighted by Gasteiger charge is -2.26. The van der Waals surface area contributed by atoms with Crippen molar-refractivity contribution < 1.29 is 14.3 Å². The Morgan fingerprint density at radius 3 is 2.63 bits per heavy atom. The zero-order chi connectivity index (χ0) is 29.7. The average molecular weight is 578 g/mol. The summed E-state index contributed by atoms with van der Waals surface area (Å²) in [5.74, 6) is 0.524. The van der Waals surface area contributed by atoms with Crippen molar-refractivity contribution in [2.75, 3.05) is 31.6 Å². The molecular weight excluding hydrogens is 546 g/mol. The summed E-state index contributed by atoms with van der Waals surface area (Å²) in [6, 6.07) is 17.9. The largest absolute Gasteiger partial charge is 0.464 e. The summed E-state index contributed by atoms with van der Waals surface area (Å²) >= 11 is 0. The number of anilines is 1. The Bertz CT molecular complexity index is 1870. The highest BCUT2D eigenvalue weighted by molar-refractivity contribution is 5.91. The molecule has 43 heavy (non-hydrogen) atoms. The van der Waals surface area contributed by atoms with Crippen LogP contribution in [0.25, 0.3) is 17.2 Å². The molecule has 0 unspecified atom stereocenters. The molecule has 0 N–H and O–H groups in total. The fourth-order valence-electron chi connectivity index (χ4n) is 6.09. The first-order chi connectivity index (χ1) is 20.8. The summed E-state index contributed by atoms with van der Waals surface area (Å²) < 4.78 is 8.43. The zero-order valence-corrected chi connectivity index (χ0v) is 24.3. The summed E-state index contributed by atoms with van der Waals surface area (Å²) in [6.45, 7) is 7.32. The molecule has 0 bridgehead atoms. The highest BCUT2D eigenvalue weighted by Crippen LogP contribution is 2.36. The number of methoxy groups -OCH3 is 1. The maximum atomic E-state index is 13.6. The number of pyridine rings is 2. The number of ether oxygens (including phenoxy) is 1. The van der Waals surface area contributed by atoms with Crippen LogP contribution in [0.3, 0.4) is 0 Å². The molecule has 12 nitrogen and oxygen atoms in total. The minimum Gasteiger partial charge on any atom is -0.464 e. The topological polar surface area (TPSA) is 124 Å². The normalized spacial score (nSPS) is 18.2. The highest BCUT2D eigenvalue weighted by atomic mass is 16.5. The lowest BCUT2D eigenvalue weighted by molar-refractivity contribution is 0.0593. The monoisotopic (exact) mass is 577 g/mol. The second-order valence-corrected chi connectivity index (χ2v) is 11.4. The molecule has 1 amide bonds. The number of amides is 1. The van der Waals surface area contributed by atoms with Gasteiger partial charge in [0.25, 0.3) is 5.91 Å². The molecule has 218 valence electrons. The van der Waals surface area contributed by atoms with E-state index >= 15 is 0 Å². The van der Waals surface area contributed by atoms with Gasteiger partial charge < -0.3 is 19.1 Å². The quantitative estimate of drug-likeness (QED) is 0.290. The van der Waals surface area contributed by atoms with E-state index in [0.717, 1.165) is 30.8 Å². The predicted molar refractivity (Wildman–Crippen MR) is 158 cm³/mol. The molecule has 7 rings (SSSR count). The number of aromatic nitrogens is 7. The summed E-state index contributed by atoms with van der Waals surface area (Å²) in [6.07, 6.45) is 3.03. The van der Waals surface area contributed by atoms with Crippen LogP contribution in [0.1, 0.15) is 51.4 Å². The van der Waals surface area contributed by atoms with Gasteiger partial charge in [0, 0.05) is 31.6 Å². The number of fused-ring (bicyclic) bond motifs is 2. The van der Waals surface area contributed by atoms with Crippen molar-refractivity contribution in [1.82, 2.24) is 39.2 Å². The molecule has 2 aliphatic rings. The number of nitrogens with zero attached hydrogens (tertiary/aromatic N) is 9. The van der Waals surface area contributed by atoms with Crippen LogP contribution in [0.15, 0.2) is 60.8 Å². The molecule has 0 aliphatic carbocycles. The van der Waals surface area contributed by atoms with Crippen LogP contribution in [-0.2, 0) is 23.2 Å². The first kappa shape index (κ1) is 26.7. The second-order valence-electron chi connectivity index (χ2n) is 11.4. The average Bonchev–Trinajstić information content (AvgIpc) is 3.78. The molecule has 1 atom stereocenters. The first-order valence-corrected chi connectivity index (χ1v) is 14.3. The third-order valence-electron chi connectivity index (χ3n) is 8.52. The van der Waals surface area contributed by atoms with E-state index in [1.165, 1.54) is 12.7 Å². The Morgan fingerprint density at radius 2 is 1.81 bits per heavy atom.